The number of amides is 1. The molecule has 1 aliphatic carbocycles. The van der Waals surface area contributed by atoms with Crippen molar-refractivity contribution >= 4 is 11.7 Å². The zero-order valence-electron chi connectivity index (χ0n) is 14.6. The maximum Gasteiger partial charge on any atom is 0.229 e. The molecule has 1 atom stereocenters. The Hall–Kier alpha value is -2.53. The second kappa shape index (κ2) is 6.65. The summed E-state index contributed by atoms with van der Waals surface area (Å²) < 4.78 is 0. The summed E-state index contributed by atoms with van der Waals surface area (Å²) in [6.07, 6.45) is 6.76. The fraction of sp³-hybridized carbons (Fsp3) is 0.381. The molecule has 1 aliphatic heterocycles. The lowest BCUT2D eigenvalue weighted by Gasteiger charge is -2.33. The largest absolute Gasteiger partial charge is 0.388 e. The number of aryl methyl sites for hydroxylation is 1. The molecular formula is C21H22N2O3. The van der Waals surface area contributed by atoms with E-state index in [0.717, 1.165) is 36.9 Å². The second-order valence-corrected chi connectivity index (χ2v) is 7.35. The first-order chi connectivity index (χ1) is 12.6. The number of ketones is 1. The van der Waals surface area contributed by atoms with Crippen LogP contribution in [-0.2, 0) is 24.2 Å². The smallest absolute Gasteiger partial charge is 0.229 e. The number of hydrogen-bond acceptors (Lipinski definition) is 4. The number of nitrogens with zero attached hydrogens (tertiary/aromatic N) is 2. The molecule has 26 heavy (non-hydrogen) atoms. The molecular weight excluding hydrogens is 328 g/mol. The van der Waals surface area contributed by atoms with Gasteiger partial charge in [-0.15, -0.1) is 0 Å². The highest BCUT2D eigenvalue weighted by atomic mass is 16.3. The topological polar surface area (TPSA) is 70.5 Å². The van der Waals surface area contributed by atoms with Gasteiger partial charge in [0.15, 0.2) is 5.78 Å². The Balaban J connectivity index is 1.55. The van der Waals surface area contributed by atoms with E-state index in [2.05, 4.69) is 4.98 Å². The van der Waals surface area contributed by atoms with Crippen LogP contribution in [0.1, 0.15) is 39.9 Å². The Morgan fingerprint density at radius 2 is 1.96 bits per heavy atom. The molecule has 0 saturated carbocycles. The number of likely N-dealkylation sites (tertiary alicyclic amines) is 1. The van der Waals surface area contributed by atoms with Gasteiger partial charge in [-0.25, -0.2) is 0 Å². The van der Waals surface area contributed by atoms with Crippen molar-refractivity contribution < 1.29 is 14.7 Å². The number of benzene rings is 1. The normalized spacial score (nSPS) is 21.9. The van der Waals surface area contributed by atoms with Gasteiger partial charge in [-0.1, -0.05) is 12.1 Å². The molecule has 1 fully saturated rings. The van der Waals surface area contributed by atoms with Gasteiger partial charge in [0.1, 0.15) is 6.61 Å². The van der Waals surface area contributed by atoms with E-state index in [1.165, 1.54) is 5.56 Å². The molecule has 2 aromatic rings. The standard InChI is InChI=1S/C21H22N2O3/c24-14-19(25)17-2-1-16-3-6-21(12-18(16)11-17)7-10-23(20(21)26)13-15-4-8-22-9-5-15/h1-2,4-5,8-9,11,24H,3,6-7,10,12-14H2. The minimum absolute atomic E-state index is 0.221. The van der Waals surface area contributed by atoms with E-state index >= 15 is 0 Å². The highest BCUT2D eigenvalue weighted by molar-refractivity contribution is 5.97. The number of fused-ring (bicyclic) bond motifs is 1. The zero-order chi connectivity index (χ0) is 18.1. The molecule has 1 amide bonds. The molecule has 0 radical (unpaired) electrons. The van der Waals surface area contributed by atoms with Crippen LogP contribution in [0.15, 0.2) is 42.7 Å². The van der Waals surface area contributed by atoms with Crippen molar-refractivity contribution in [2.45, 2.75) is 32.2 Å². The van der Waals surface area contributed by atoms with E-state index in [1.54, 1.807) is 18.5 Å². The average molecular weight is 350 g/mol. The average Bonchev–Trinajstić information content (AvgIpc) is 2.97. The van der Waals surface area contributed by atoms with Crippen molar-refractivity contribution in [3.63, 3.8) is 0 Å². The van der Waals surface area contributed by atoms with Crippen molar-refractivity contribution in [2.24, 2.45) is 5.41 Å². The first-order valence-corrected chi connectivity index (χ1v) is 9.05. The van der Waals surface area contributed by atoms with Crippen molar-refractivity contribution in [3.05, 3.63) is 65.0 Å². The van der Waals surface area contributed by atoms with Crippen molar-refractivity contribution in [2.75, 3.05) is 13.2 Å². The summed E-state index contributed by atoms with van der Waals surface area (Å²) in [5, 5.41) is 9.10. The van der Waals surface area contributed by atoms with Crippen molar-refractivity contribution in [1.29, 1.82) is 0 Å². The Bertz CT molecular complexity index is 850. The lowest BCUT2D eigenvalue weighted by atomic mass is 9.70. The van der Waals surface area contributed by atoms with Crippen LogP contribution < -0.4 is 0 Å². The van der Waals surface area contributed by atoms with Crippen LogP contribution >= 0.6 is 0 Å². The molecule has 2 heterocycles. The maximum absolute atomic E-state index is 13.2. The molecule has 1 aromatic heterocycles. The van der Waals surface area contributed by atoms with E-state index in [-0.39, 0.29) is 17.1 Å². The first kappa shape index (κ1) is 16.9. The van der Waals surface area contributed by atoms with Gasteiger partial charge >= 0.3 is 0 Å². The minimum atomic E-state index is -0.484. The van der Waals surface area contributed by atoms with Gasteiger partial charge in [-0.05, 0) is 60.6 Å². The fourth-order valence-electron chi connectivity index (χ4n) is 4.27. The van der Waals surface area contributed by atoms with Gasteiger partial charge in [0, 0.05) is 31.0 Å². The summed E-state index contributed by atoms with van der Waals surface area (Å²) in [5.74, 6) is -0.0525. The second-order valence-electron chi connectivity index (χ2n) is 7.35. The number of carbonyl (C=O) groups is 2. The lowest BCUT2D eigenvalue weighted by Crippen LogP contribution is -2.38. The van der Waals surface area contributed by atoms with E-state index in [4.69, 9.17) is 5.11 Å². The van der Waals surface area contributed by atoms with Crippen LogP contribution in [0.3, 0.4) is 0 Å². The van der Waals surface area contributed by atoms with Gasteiger partial charge in [0.05, 0.1) is 5.41 Å². The summed E-state index contributed by atoms with van der Waals surface area (Å²) in [7, 11) is 0. The van der Waals surface area contributed by atoms with Crippen LogP contribution in [0.4, 0.5) is 0 Å². The third-order valence-electron chi connectivity index (χ3n) is 5.80. The molecule has 1 N–H and O–H groups in total. The first-order valence-electron chi connectivity index (χ1n) is 9.05. The number of aromatic nitrogens is 1. The highest BCUT2D eigenvalue weighted by Gasteiger charge is 2.47. The number of pyridine rings is 1. The van der Waals surface area contributed by atoms with Gasteiger partial charge in [-0.3, -0.25) is 14.6 Å². The Kier molecular flexibility index (Phi) is 4.32. The van der Waals surface area contributed by atoms with Gasteiger partial charge < -0.3 is 10.0 Å². The quantitative estimate of drug-likeness (QED) is 0.858. The SMILES string of the molecule is O=C(CO)c1ccc2c(c1)CC1(CC2)CCN(Cc2ccncc2)C1=O. The third-order valence-corrected chi connectivity index (χ3v) is 5.80. The van der Waals surface area contributed by atoms with E-state index in [9.17, 15) is 9.59 Å². The zero-order valence-corrected chi connectivity index (χ0v) is 14.6. The molecule has 4 rings (SSSR count). The highest BCUT2D eigenvalue weighted by Crippen LogP contribution is 2.44. The Morgan fingerprint density at radius 1 is 1.15 bits per heavy atom. The molecule has 5 nitrogen and oxygen atoms in total. The number of carbonyl (C=O) groups excluding carboxylic acids is 2. The van der Waals surface area contributed by atoms with Gasteiger partial charge in [0.2, 0.25) is 5.91 Å². The van der Waals surface area contributed by atoms with Gasteiger partial charge in [-0.2, -0.15) is 0 Å². The minimum Gasteiger partial charge on any atom is -0.388 e. The van der Waals surface area contributed by atoms with Gasteiger partial charge in [0.25, 0.3) is 0 Å². The molecule has 5 heteroatoms. The predicted molar refractivity (Wildman–Crippen MR) is 96.6 cm³/mol. The molecule has 1 saturated heterocycles. The van der Waals surface area contributed by atoms with E-state index < -0.39 is 6.61 Å². The molecule has 1 unspecified atom stereocenters. The van der Waals surface area contributed by atoms with E-state index in [1.807, 2.05) is 29.2 Å². The van der Waals surface area contributed by atoms with Crippen molar-refractivity contribution in [1.82, 2.24) is 9.88 Å². The Morgan fingerprint density at radius 3 is 2.73 bits per heavy atom. The Labute approximate surface area is 152 Å². The number of hydrogen-bond donors (Lipinski definition) is 1. The van der Waals surface area contributed by atoms with Crippen molar-refractivity contribution in [3.8, 4) is 0 Å². The van der Waals surface area contributed by atoms with E-state index in [0.29, 0.717) is 18.5 Å². The fourth-order valence-corrected chi connectivity index (χ4v) is 4.27. The van der Waals surface area contributed by atoms with Crippen LogP contribution in [-0.4, -0.2) is 39.8 Å². The predicted octanol–water partition coefficient (Wildman–Crippen LogP) is 2.16. The summed E-state index contributed by atoms with van der Waals surface area (Å²) in [4.78, 5) is 31.0. The molecule has 1 spiro atoms. The summed E-state index contributed by atoms with van der Waals surface area (Å²) in [6, 6.07) is 9.51. The molecule has 134 valence electrons. The molecule has 0 bridgehead atoms. The molecule has 2 aliphatic rings. The number of aliphatic hydroxyl groups is 1. The number of rotatable bonds is 4. The number of aliphatic hydroxyl groups excluding tert-OH is 1. The summed E-state index contributed by atoms with van der Waals surface area (Å²) >= 11 is 0. The van der Waals surface area contributed by atoms with Crippen LogP contribution in [0.2, 0.25) is 0 Å². The monoisotopic (exact) mass is 350 g/mol. The molecule has 1 aromatic carbocycles. The van der Waals surface area contributed by atoms with Crippen LogP contribution in [0, 0.1) is 5.41 Å². The lowest BCUT2D eigenvalue weighted by molar-refractivity contribution is -0.137. The summed E-state index contributed by atoms with van der Waals surface area (Å²) in [6.45, 7) is 0.910. The number of Topliss-reactive ketones (excluding diaryl/α,β-unsaturated/α-hetero) is 1. The van der Waals surface area contributed by atoms with Crippen LogP contribution in [0.25, 0.3) is 0 Å². The summed E-state index contributed by atoms with van der Waals surface area (Å²) in [5.41, 5.74) is 3.57. The maximum atomic E-state index is 13.2. The van der Waals surface area contributed by atoms with Crippen LogP contribution in [0.5, 0.6) is 0 Å². The third kappa shape index (κ3) is 2.92.